The van der Waals surface area contributed by atoms with E-state index >= 15 is 0 Å². The smallest absolute Gasteiger partial charge is 0.135 e. The lowest BCUT2D eigenvalue weighted by Gasteiger charge is -2.25. The molecular formula is C14H14ClFO. The molecule has 2 rings (SSSR count). The van der Waals surface area contributed by atoms with Gasteiger partial charge in [0.1, 0.15) is 11.6 Å². The molecule has 1 aromatic rings. The zero-order chi connectivity index (χ0) is 12.1. The lowest BCUT2D eigenvalue weighted by Crippen LogP contribution is -2.19. The highest BCUT2D eigenvalue weighted by Crippen LogP contribution is 2.28. The fraction of sp³-hybridized carbons (Fsp3) is 0.429. The highest BCUT2D eigenvalue weighted by molar-refractivity contribution is 6.19. The van der Waals surface area contributed by atoms with E-state index in [1.165, 1.54) is 31.4 Å². The lowest BCUT2D eigenvalue weighted by molar-refractivity contribution is 0.180. The van der Waals surface area contributed by atoms with E-state index in [2.05, 4.69) is 11.8 Å². The molecule has 1 saturated carbocycles. The summed E-state index contributed by atoms with van der Waals surface area (Å²) < 4.78 is 18.8. The molecule has 0 heterocycles. The largest absolute Gasteiger partial charge is 0.492 e. The van der Waals surface area contributed by atoms with Crippen molar-refractivity contribution >= 4 is 11.6 Å². The van der Waals surface area contributed by atoms with Crippen molar-refractivity contribution in [2.24, 2.45) is 5.92 Å². The highest BCUT2D eigenvalue weighted by Gasteiger charge is 2.18. The van der Waals surface area contributed by atoms with Crippen LogP contribution in [0, 0.1) is 23.6 Å². The minimum Gasteiger partial charge on any atom is -0.492 e. The minimum absolute atomic E-state index is 0.235. The summed E-state index contributed by atoms with van der Waals surface area (Å²) in [7, 11) is 0. The fourth-order valence-electron chi connectivity index (χ4n) is 1.72. The Bertz CT molecular complexity index is 443. The van der Waals surface area contributed by atoms with Crippen LogP contribution in [0.15, 0.2) is 18.2 Å². The van der Waals surface area contributed by atoms with E-state index in [1.54, 1.807) is 6.07 Å². The molecule has 0 radical (unpaired) electrons. The Balaban J connectivity index is 2.07. The van der Waals surface area contributed by atoms with E-state index in [-0.39, 0.29) is 11.7 Å². The van der Waals surface area contributed by atoms with Crippen molar-refractivity contribution in [3.05, 3.63) is 29.6 Å². The van der Waals surface area contributed by atoms with Gasteiger partial charge < -0.3 is 4.74 Å². The van der Waals surface area contributed by atoms with Gasteiger partial charge in [0.25, 0.3) is 0 Å². The van der Waals surface area contributed by atoms with Gasteiger partial charge in [-0.15, -0.1) is 11.6 Å². The van der Waals surface area contributed by atoms with Crippen molar-refractivity contribution in [3.8, 4) is 17.6 Å². The van der Waals surface area contributed by atoms with Gasteiger partial charge in [0.05, 0.1) is 18.1 Å². The molecule has 17 heavy (non-hydrogen) atoms. The van der Waals surface area contributed by atoms with E-state index < -0.39 is 0 Å². The maximum absolute atomic E-state index is 13.1. The molecule has 0 saturated heterocycles. The molecule has 90 valence electrons. The van der Waals surface area contributed by atoms with Crippen molar-refractivity contribution in [3.63, 3.8) is 0 Å². The van der Waals surface area contributed by atoms with Crippen LogP contribution in [-0.2, 0) is 0 Å². The van der Waals surface area contributed by atoms with Crippen LogP contribution in [0.5, 0.6) is 5.75 Å². The van der Waals surface area contributed by atoms with Crippen LogP contribution in [0.1, 0.15) is 24.8 Å². The number of benzene rings is 1. The third kappa shape index (κ3) is 3.38. The van der Waals surface area contributed by atoms with Gasteiger partial charge in [-0.25, -0.2) is 4.39 Å². The van der Waals surface area contributed by atoms with Crippen LogP contribution in [-0.4, -0.2) is 12.5 Å². The SMILES string of the molecule is Fc1ccc(OCC2CCC2)c(C#CCCl)c1. The zero-order valence-electron chi connectivity index (χ0n) is 9.51. The third-order valence-electron chi connectivity index (χ3n) is 2.93. The first-order valence-electron chi connectivity index (χ1n) is 5.77. The van der Waals surface area contributed by atoms with Gasteiger partial charge in [0.15, 0.2) is 0 Å². The molecule has 3 heteroatoms. The summed E-state index contributed by atoms with van der Waals surface area (Å²) in [6.45, 7) is 0.696. The summed E-state index contributed by atoms with van der Waals surface area (Å²) in [5.41, 5.74) is 0.574. The topological polar surface area (TPSA) is 9.23 Å². The Hall–Kier alpha value is -1.20. The monoisotopic (exact) mass is 252 g/mol. The average Bonchev–Trinajstić information content (AvgIpc) is 2.26. The van der Waals surface area contributed by atoms with Gasteiger partial charge in [0, 0.05) is 0 Å². The second-order valence-electron chi connectivity index (χ2n) is 4.18. The van der Waals surface area contributed by atoms with E-state index in [1.807, 2.05) is 0 Å². The average molecular weight is 253 g/mol. The molecule has 0 aliphatic heterocycles. The number of hydrogen-bond donors (Lipinski definition) is 0. The summed E-state index contributed by atoms with van der Waals surface area (Å²) >= 11 is 5.49. The van der Waals surface area contributed by atoms with E-state index in [4.69, 9.17) is 16.3 Å². The number of alkyl halides is 1. The second-order valence-corrected chi connectivity index (χ2v) is 4.45. The Labute approximate surface area is 106 Å². The van der Waals surface area contributed by atoms with Gasteiger partial charge in [-0.3, -0.25) is 0 Å². The van der Waals surface area contributed by atoms with Crippen LogP contribution in [0.4, 0.5) is 4.39 Å². The van der Waals surface area contributed by atoms with Crippen LogP contribution in [0.3, 0.4) is 0 Å². The molecule has 1 aliphatic carbocycles. The van der Waals surface area contributed by atoms with Crippen molar-refractivity contribution < 1.29 is 9.13 Å². The summed E-state index contributed by atoms with van der Waals surface area (Å²) in [5.74, 6) is 6.76. The molecular weight excluding hydrogens is 239 g/mol. The van der Waals surface area contributed by atoms with Crippen molar-refractivity contribution in [2.45, 2.75) is 19.3 Å². The van der Waals surface area contributed by atoms with Crippen molar-refractivity contribution in [1.82, 2.24) is 0 Å². The first-order chi connectivity index (χ1) is 8.29. The second kappa shape index (κ2) is 5.93. The molecule has 1 aromatic carbocycles. The fourth-order valence-corrected chi connectivity index (χ4v) is 1.79. The number of halogens is 2. The normalized spacial score (nSPS) is 14.7. The molecule has 0 atom stereocenters. The lowest BCUT2D eigenvalue weighted by atomic mass is 9.86. The number of ether oxygens (including phenoxy) is 1. The summed E-state index contributed by atoms with van der Waals surface area (Å²) in [6, 6.07) is 4.41. The van der Waals surface area contributed by atoms with Gasteiger partial charge in [-0.1, -0.05) is 18.3 Å². The van der Waals surface area contributed by atoms with Crippen molar-refractivity contribution in [1.29, 1.82) is 0 Å². The van der Waals surface area contributed by atoms with Gasteiger partial charge in [-0.2, -0.15) is 0 Å². The van der Waals surface area contributed by atoms with Crippen LogP contribution in [0.25, 0.3) is 0 Å². The molecule has 1 nitrogen and oxygen atoms in total. The van der Waals surface area contributed by atoms with Gasteiger partial charge in [0.2, 0.25) is 0 Å². The zero-order valence-corrected chi connectivity index (χ0v) is 10.3. The van der Waals surface area contributed by atoms with Crippen LogP contribution >= 0.6 is 11.6 Å². The molecule has 0 aromatic heterocycles. The van der Waals surface area contributed by atoms with Crippen LogP contribution < -0.4 is 4.74 Å². The molecule has 1 aliphatic rings. The first kappa shape index (κ1) is 12.3. The summed E-state index contributed by atoms with van der Waals surface area (Å²) in [5, 5.41) is 0. The molecule has 0 amide bonds. The first-order valence-corrected chi connectivity index (χ1v) is 6.30. The predicted molar refractivity (Wildman–Crippen MR) is 66.8 cm³/mol. The van der Waals surface area contributed by atoms with Crippen LogP contribution in [0.2, 0.25) is 0 Å². The Morgan fingerprint density at radius 2 is 2.24 bits per heavy atom. The number of hydrogen-bond acceptors (Lipinski definition) is 1. The summed E-state index contributed by atoms with van der Waals surface area (Å²) in [4.78, 5) is 0. The van der Waals surface area contributed by atoms with E-state index in [9.17, 15) is 4.39 Å². The molecule has 0 N–H and O–H groups in total. The van der Waals surface area contributed by atoms with Gasteiger partial charge in [-0.05, 0) is 37.0 Å². The van der Waals surface area contributed by atoms with E-state index in [0.29, 0.717) is 23.8 Å². The van der Waals surface area contributed by atoms with E-state index in [0.717, 1.165) is 0 Å². The standard InChI is InChI=1S/C14H14ClFO/c15-8-2-5-12-9-13(16)6-7-14(12)17-10-11-3-1-4-11/h6-7,9,11H,1,3-4,8,10H2. The Kier molecular flexibility index (Phi) is 4.28. The molecule has 0 spiro atoms. The molecule has 0 bridgehead atoms. The highest BCUT2D eigenvalue weighted by atomic mass is 35.5. The maximum atomic E-state index is 13.1. The minimum atomic E-state index is -0.306. The maximum Gasteiger partial charge on any atom is 0.135 e. The Morgan fingerprint density at radius 1 is 1.41 bits per heavy atom. The predicted octanol–water partition coefficient (Wildman–Crippen LogP) is 3.59. The quantitative estimate of drug-likeness (QED) is 0.590. The molecule has 0 unspecified atom stereocenters. The Morgan fingerprint density at radius 3 is 2.88 bits per heavy atom. The molecule has 1 fully saturated rings. The number of rotatable bonds is 3. The van der Waals surface area contributed by atoms with Gasteiger partial charge >= 0.3 is 0 Å². The third-order valence-corrected chi connectivity index (χ3v) is 3.06. The van der Waals surface area contributed by atoms with Crippen molar-refractivity contribution in [2.75, 3.05) is 12.5 Å². The summed E-state index contributed by atoms with van der Waals surface area (Å²) in [6.07, 6.45) is 3.74.